The number of hydrogen-bond donors (Lipinski definition) is 1. The van der Waals surface area contributed by atoms with Gasteiger partial charge < -0.3 is 19.2 Å². The molecule has 0 aliphatic heterocycles. The molecule has 0 saturated heterocycles. The Morgan fingerprint density at radius 3 is 2.57 bits per heavy atom. The van der Waals surface area contributed by atoms with E-state index in [0.29, 0.717) is 29.5 Å². The van der Waals surface area contributed by atoms with Gasteiger partial charge in [-0.25, -0.2) is 4.79 Å². The van der Waals surface area contributed by atoms with Crippen LogP contribution in [0.3, 0.4) is 0 Å². The van der Waals surface area contributed by atoms with Crippen LogP contribution in [0.5, 0.6) is 0 Å². The Bertz CT molecular complexity index is 945. The van der Waals surface area contributed by atoms with Crippen LogP contribution in [0.25, 0.3) is 11.1 Å². The van der Waals surface area contributed by atoms with Crippen molar-refractivity contribution >= 4 is 28.2 Å². The molecular formula is C21H21NO5S. The van der Waals surface area contributed by atoms with E-state index in [1.54, 1.807) is 19.1 Å². The number of carbonyl (C=O) groups excluding carboxylic acids is 2. The van der Waals surface area contributed by atoms with Gasteiger partial charge in [0.1, 0.15) is 22.9 Å². The highest BCUT2D eigenvalue weighted by Crippen LogP contribution is 2.36. The molecule has 7 heteroatoms. The number of benzene rings is 1. The van der Waals surface area contributed by atoms with Gasteiger partial charge in [0.15, 0.2) is 5.76 Å². The SMILES string of the molecule is CCOCc1ccc(C(=O)Nc2scc(-c3ccccc3)c2C(=O)OCC)o1. The number of anilines is 1. The maximum absolute atomic E-state index is 12.6. The molecule has 1 N–H and O–H groups in total. The number of rotatable bonds is 8. The molecule has 1 amide bonds. The van der Waals surface area contributed by atoms with Crippen LogP contribution >= 0.6 is 11.3 Å². The van der Waals surface area contributed by atoms with Crippen LogP contribution in [0.4, 0.5) is 5.00 Å². The second kappa shape index (κ2) is 9.34. The summed E-state index contributed by atoms with van der Waals surface area (Å²) in [7, 11) is 0. The normalized spacial score (nSPS) is 10.6. The fraction of sp³-hybridized carbons (Fsp3) is 0.238. The largest absolute Gasteiger partial charge is 0.462 e. The van der Waals surface area contributed by atoms with Crippen molar-refractivity contribution in [3.05, 3.63) is 64.9 Å². The standard InChI is InChI=1S/C21H21NO5S/c1-3-25-12-15-10-11-17(27-15)19(23)22-20-18(21(24)26-4-2)16(13-28-20)14-8-6-5-7-9-14/h5-11,13H,3-4,12H2,1-2H3,(H,22,23). The lowest BCUT2D eigenvalue weighted by atomic mass is 10.0. The fourth-order valence-corrected chi connectivity index (χ4v) is 3.58. The first-order valence-corrected chi connectivity index (χ1v) is 9.83. The summed E-state index contributed by atoms with van der Waals surface area (Å²) in [6, 6.07) is 12.8. The maximum atomic E-state index is 12.6. The monoisotopic (exact) mass is 399 g/mol. The topological polar surface area (TPSA) is 77.8 Å². The van der Waals surface area contributed by atoms with E-state index in [9.17, 15) is 9.59 Å². The first kappa shape index (κ1) is 19.9. The summed E-state index contributed by atoms with van der Waals surface area (Å²) in [6.07, 6.45) is 0. The highest BCUT2D eigenvalue weighted by atomic mass is 32.1. The smallest absolute Gasteiger partial charge is 0.341 e. The van der Waals surface area contributed by atoms with E-state index in [0.717, 1.165) is 11.1 Å². The third-order valence-electron chi connectivity index (χ3n) is 3.92. The third-order valence-corrected chi connectivity index (χ3v) is 4.81. The Morgan fingerprint density at radius 1 is 1.07 bits per heavy atom. The summed E-state index contributed by atoms with van der Waals surface area (Å²) in [5.41, 5.74) is 1.93. The van der Waals surface area contributed by atoms with E-state index in [2.05, 4.69) is 5.32 Å². The number of hydrogen-bond acceptors (Lipinski definition) is 6. The molecule has 28 heavy (non-hydrogen) atoms. The molecule has 0 atom stereocenters. The number of esters is 1. The first-order valence-electron chi connectivity index (χ1n) is 8.95. The number of nitrogens with one attached hydrogen (secondary N) is 1. The molecule has 0 aliphatic carbocycles. The average Bonchev–Trinajstić information content (AvgIpc) is 3.34. The van der Waals surface area contributed by atoms with Gasteiger partial charge in [0.2, 0.25) is 0 Å². The number of carbonyl (C=O) groups is 2. The second-order valence-electron chi connectivity index (χ2n) is 5.80. The molecule has 3 aromatic rings. The second-order valence-corrected chi connectivity index (χ2v) is 6.68. The van der Waals surface area contributed by atoms with Crippen LogP contribution < -0.4 is 5.32 Å². The molecule has 6 nitrogen and oxygen atoms in total. The molecule has 0 aliphatic rings. The maximum Gasteiger partial charge on any atom is 0.341 e. The summed E-state index contributed by atoms with van der Waals surface area (Å²) >= 11 is 1.27. The molecule has 2 aromatic heterocycles. The zero-order chi connectivity index (χ0) is 19.9. The van der Waals surface area contributed by atoms with E-state index >= 15 is 0 Å². The van der Waals surface area contributed by atoms with Crippen LogP contribution in [-0.2, 0) is 16.1 Å². The molecule has 0 spiro atoms. The van der Waals surface area contributed by atoms with Crippen LogP contribution in [0.15, 0.2) is 52.3 Å². The van der Waals surface area contributed by atoms with E-state index < -0.39 is 11.9 Å². The van der Waals surface area contributed by atoms with Gasteiger partial charge in [0.05, 0.1) is 6.61 Å². The van der Waals surface area contributed by atoms with Crippen molar-refractivity contribution in [1.29, 1.82) is 0 Å². The molecule has 0 bridgehead atoms. The molecule has 0 radical (unpaired) electrons. The van der Waals surface area contributed by atoms with Gasteiger partial charge in [-0.2, -0.15) is 0 Å². The van der Waals surface area contributed by atoms with Crippen molar-refractivity contribution in [1.82, 2.24) is 0 Å². The lowest BCUT2D eigenvalue weighted by Gasteiger charge is -2.08. The minimum atomic E-state index is -0.477. The Hall–Kier alpha value is -2.90. The predicted molar refractivity (Wildman–Crippen MR) is 108 cm³/mol. The van der Waals surface area contributed by atoms with Gasteiger partial charge >= 0.3 is 5.97 Å². The number of thiophene rings is 1. The molecule has 1 aromatic carbocycles. The van der Waals surface area contributed by atoms with Gasteiger partial charge in [0, 0.05) is 17.6 Å². The number of furan rings is 1. The van der Waals surface area contributed by atoms with E-state index in [-0.39, 0.29) is 12.4 Å². The van der Waals surface area contributed by atoms with E-state index in [1.807, 2.05) is 42.6 Å². The average molecular weight is 399 g/mol. The summed E-state index contributed by atoms with van der Waals surface area (Å²) in [4.78, 5) is 25.1. The van der Waals surface area contributed by atoms with Gasteiger partial charge in [-0.05, 0) is 31.5 Å². The Labute approximate surface area is 167 Å². The molecule has 0 saturated carbocycles. The number of ether oxygens (including phenoxy) is 2. The van der Waals surface area contributed by atoms with E-state index in [1.165, 1.54) is 11.3 Å². The first-order chi connectivity index (χ1) is 13.6. The molecular weight excluding hydrogens is 378 g/mol. The lowest BCUT2D eigenvalue weighted by Crippen LogP contribution is -2.14. The Morgan fingerprint density at radius 2 is 1.86 bits per heavy atom. The van der Waals surface area contributed by atoms with Crippen LogP contribution in [0.2, 0.25) is 0 Å². The van der Waals surface area contributed by atoms with Crippen LogP contribution in [0, 0.1) is 0 Å². The van der Waals surface area contributed by atoms with Crippen molar-refractivity contribution in [2.75, 3.05) is 18.5 Å². The summed E-state index contributed by atoms with van der Waals surface area (Å²) in [6.45, 7) is 4.73. The van der Waals surface area contributed by atoms with Crippen molar-refractivity contribution in [3.8, 4) is 11.1 Å². The third kappa shape index (κ3) is 4.49. The molecule has 3 rings (SSSR count). The van der Waals surface area contributed by atoms with Crippen LogP contribution in [0.1, 0.15) is 40.5 Å². The predicted octanol–water partition coefficient (Wildman–Crippen LogP) is 4.97. The molecule has 0 unspecified atom stereocenters. The molecule has 0 fully saturated rings. The molecule has 2 heterocycles. The minimum Gasteiger partial charge on any atom is -0.462 e. The molecule has 146 valence electrons. The summed E-state index contributed by atoms with van der Waals surface area (Å²) in [5.74, 6) is -0.197. The zero-order valence-electron chi connectivity index (χ0n) is 15.7. The summed E-state index contributed by atoms with van der Waals surface area (Å²) in [5, 5.41) is 5.02. The lowest BCUT2D eigenvalue weighted by molar-refractivity contribution is 0.0529. The van der Waals surface area contributed by atoms with E-state index in [4.69, 9.17) is 13.9 Å². The van der Waals surface area contributed by atoms with Crippen molar-refractivity contribution in [2.24, 2.45) is 0 Å². The van der Waals surface area contributed by atoms with Crippen molar-refractivity contribution < 1.29 is 23.5 Å². The highest BCUT2D eigenvalue weighted by Gasteiger charge is 2.24. The highest BCUT2D eigenvalue weighted by molar-refractivity contribution is 7.15. The minimum absolute atomic E-state index is 0.152. The fourth-order valence-electron chi connectivity index (χ4n) is 2.63. The Balaban J connectivity index is 1.87. The zero-order valence-corrected chi connectivity index (χ0v) is 16.5. The Kier molecular flexibility index (Phi) is 6.62. The van der Waals surface area contributed by atoms with Gasteiger partial charge in [-0.15, -0.1) is 11.3 Å². The van der Waals surface area contributed by atoms with Crippen molar-refractivity contribution in [2.45, 2.75) is 20.5 Å². The van der Waals surface area contributed by atoms with Gasteiger partial charge in [-0.1, -0.05) is 30.3 Å². The van der Waals surface area contributed by atoms with Crippen molar-refractivity contribution in [3.63, 3.8) is 0 Å². The van der Waals surface area contributed by atoms with Gasteiger partial charge in [0.25, 0.3) is 5.91 Å². The van der Waals surface area contributed by atoms with Gasteiger partial charge in [-0.3, -0.25) is 4.79 Å². The van der Waals surface area contributed by atoms with Crippen LogP contribution in [-0.4, -0.2) is 25.1 Å². The quantitative estimate of drug-likeness (QED) is 0.541. The summed E-state index contributed by atoms with van der Waals surface area (Å²) < 4.78 is 16.0. The number of amides is 1.